The van der Waals surface area contributed by atoms with Crippen molar-refractivity contribution in [3.63, 3.8) is 0 Å². The second kappa shape index (κ2) is 3.93. The zero-order valence-electron chi connectivity index (χ0n) is 7.94. The summed E-state index contributed by atoms with van der Waals surface area (Å²) in [5, 5.41) is 40.0. The van der Waals surface area contributed by atoms with E-state index < -0.39 is 36.0 Å². The molecule has 0 spiro atoms. The van der Waals surface area contributed by atoms with Gasteiger partial charge < -0.3 is 30.0 Å². The fourth-order valence-corrected chi connectivity index (χ4v) is 1.21. The molecule has 6 nitrogen and oxygen atoms in total. The summed E-state index contributed by atoms with van der Waals surface area (Å²) in [5.74, 6) is -4.07. The van der Waals surface area contributed by atoms with Crippen LogP contribution in [0.5, 0.6) is 0 Å². The van der Waals surface area contributed by atoms with Gasteiger partial charge in [0.2, 0.25) is 0 Å². The maximum atomic E-state index is 10.6. The van der Waals surface area contributed by atoms with Gasteiger partial charge in [0.05, 0.1) is 11.9 Å². The van der Waals surface area contributed by atoms with Crippen molar-refractivity contribution in [1.82, 2.24) is 0 Å². The van der Waals surface area contributed by atoms with E-state index in [1.165, 1.54) is 13.8 Å². The van der Waals surface area contributed by atoms with Crippen molar-refractivity contribution in [2.24, 2.45) is 0 Å². The first-order valence-corrected chi connectivity index (χ1v) is 4.14. The number of carbonyl (C=O) groups is 2. The number of carbonyl (C=O) groups excluding carboxylic acids is 2. The minimum absolute atomic E-state index is 0.492. The molecule has 0 aromatic carbocycles. The summed E-state index contributed by atoms with van der Waals surface area (Å²) in [6.07, 6.45) is -0.985. The Hall–Kier alpha value is -1.14. The molecule has 0 fully saturated rings. The van der Waals surface area contributed by atoms with Crippen molar-refractivity contribution in [1.29, 1.82) is 0 Å². The quantitative estimate of drug-likeness (QED) is 0.485. The van der Waals surface area contributed by atoms with Gasteiger partial charge in [-0.2, -0.15) is 0 Å². The molecule has 0 rings (SSSR count). The van der Waals surface area contributed by atoms with Crippen LogP contribution in [0.25, 0.3) is 0 Å². The molecule has 0 aromatic heterocycles. The van der Waals surface area contributed by atoms with Gasteiger partial charge in [-0.3, -0.25) is 0 Å². The van der Waals surface area contributed by atoms with E-state index in [0.717, 1.165) is 0 Å². The Morgan fingerprint density at radius 3 is 1.29 bits per heavy atom. The Morgan fingerprint density at radius 1 is 1.00 bits per heavy atom. The van der Waals surface area contributed by atoms with Crippen LogP contribution in [0.4, 0.5) is 0 Å². The normalized spacial score (nSPS) is 19.4. The fourth-order valence-electron chi connectivity index (χ4n) is 1.21. The minimum Gasteiger partial charge on any atom is -0.547 e. The lowest BCUT2D eigenvalue weighted by Crippen LogP contribution is -2.69. The maximum Gasteiger partial charge on any atom is 0.137 e. The van der Waals surface area contributed by atoms with E-state index in [0.29, 0.717) is 0 Å². The molecule has 0 heterocycles. The highest BCUT2D eigenvalue weighted by Crippen LogP contribution is 2.28. The van der Waals surface area contributed by atoms with Crippen LogP contribution in [0.1, 0.15) is 26.7 Å². The Bertz CT molecular complexity index is 224. The highest BCUT2D eigenvalue weighted by molar-refractivity contribution is 5.88. The Morgan fingerprint density at radius 2 is 1.21 bits per heavy atom. The Labute approximate surface area is 80.8 Å². The highest BCUT2D eigenvalue weighted by atomic mass is 16.5. The molecule has 0 radical (unpaired) electrons. The molecule has 0 bridgehead atoms. The average molecular weight is 204 g/mol. The van der Waals surface area contributed by atoms with Gasteiger partial charge in [-0.1, -0.05) is 13.8 Å². The minimum atomic E-state index is -2.83. The first-order chi connectivity index (χ1) is 6.26. The van der Waals surface area contributed by atoms with Crippen molar-refractivity contribution in [3.8, 4) is 0 Å². The van der Waals surface area contributed by atoms with Gasteiger partial charge in [0, 0.05) is 0 Å². The van der Waals surface area contributed by atoms with Gasteiger partial charge in [0.25, 0.3) is 0 Å². The van der Waals surface area contributed by atoms with Crippen LogP contribution < -0.4 is 10.2 Å². The maximum absolute atomic E-state index is 10.6. The lowest BCUT2D eigenvalue weighted by atomic mass is 9.79. The third-order valence-electron chi connectivity index (χ3n) is 2.38. The second-order valence-corrected chi connectivity index (χ2v) is 3.00. The predicted octanol–water partition coefficient (Wildman–Crippen LogP) is -3.23. The zero-order valence-corrected chi connectivity index (χ0v) is 7.94. The van der Waals surface area contributed by atoms with E-state index in [1.54, 1.807) is 0 Å². The van der Waals surface area contributed by atoms with Crippen molar-refractivity contribution < 1.29 is 30.0 Å². The highest BCUT2D eigenvalue weighted by Gasteiger charge is 2.49. The number of aliphatic carboxylic acids is 2. The second-order valence-electron chi connectivity index (χ2n) is 3.00. The first-order valence-electron chi connectivity index (χ1n) is 4.14. The van der Waals surface area contributed by atoms with Crippen LogP contribution in [0.15, 0.2) is 0 Å². The summed E-state index contributed by atoms with van der Waals surface area (Å²) in [5.41, 5.74) is -5.67. The fraction of sp³-hybridized carbons (Fsp3) is 0.750. The molecule has 0 amide bonds. The van der Waals surface area contributed by atoms with E-state index in [1.807, 2.05) is 0 Å². The molecule has 0 unspecified atom stereocenters. The standard InChI is InChI=1S/C8H14O6/c1-3-7(13,5(9)10)8(14,4-2)6(11)12/h13-14H,3-4H2,1-2H3,(H,9,10)(H,11,12)/p-2/t7-,8-/m1/s1. The summed E-state index contributed by atoms with van der Waals surface area (Å²) >= 11 is 0. The SMILES string of the molecule is CC[C@@](O)(C(=O)[O-])[C@@](O)(CC)C(=O)[O-]. The lowest BCUT2D eigenvalue weighted by molar-refractivity contribution is -0.358. The molecule has 0 aliphatic carbocycles. The number of hydrogen-bond acceptors (Lipinski definition) is 6. The van der Waals surface area contributed by atoms with Crippen LogP contribution in [0.3, 0.4) is 0 Å². The molecule has 0 aromatic rings. The molecule has 0 saturated carbocycles. The number of hydrogen-bond donors (Lipinski definition) is 2. The topological polar surface area (TPSA) is 121 Å². The third kappa shape index (κ3) is 1.58. The molecule has 0 saturated heterocycles. The summed E-state index contributed by atoms with van der Waals surface area (Å²) in [6.45, 7) is 2.44. The Balaban J connectivity index is 5.37. The van der Waals surface area contributed by atoms with Crippen LogP contribution >= 0.6 is 0 Å². The van der Waals surface area contributed by atoms with Gasteiger partial charge in [-0.15, -0.1) is 0 Å². The first kappa shape index (κ1) is 12.9. The van der Waals surface area contributed by atoms with E-state index in [9.17, 15) is 30.0 Å². The number of carboxylic acids is 2. The Kier molecular flexibility index (Phi) is 3.61. The van der Waals surface area contributed by atoms with Gasteiger partial charge in [0.15, 0.2) is 0 Å². The molecule has 14 heavy (non-hydrogen) atoms. The van der Waals surface area contributed by atoms with Crippen LogP contribution in [-0.2, 0) is 9.59 Å². The van der Waals surface area contributed by atoms with Crippen molar-refractivity contribution >= 4 is 11.9 Å². The smallest absolute Gasteiger partial charge is 0.137 e. The summed E-state index contributed by atoms with van der Waals surface area (Å²) in [6, 6.07) is 0. The van der Waals surface area contributed by atoms with E-state index in [4.69, 9.17) is 0 Å². The number of rotatable bonds is 5. The number of aliphatic hydroxyl groups is 2. The van der Waals surface area contributed by atoms with Gasteiger partial charge in [0.1, 0.15) is 11.2 Å². The molecular weight excluding hydrogens is 192 g/mol. The predicted molar refractivity (Wildman–Crippen MR) is 40.5 cm³/mol. The molecule has 0 aliphatic heterocycles. The van der Waals surface area contributed by atoms with Crippen molar-refractivity contribution in [3.05, 3.63) is 0 Å². The molecule has 6 heteroatoms. The average Bonchev–Trinajstić information content (AvgIpc) is 2.14. The van der Waals surface area contributed by atoms with Crippen molar-refractivity contribution in [2.75, 3.05) is 0 Å². The molecular formula is C8H12O6-2. The van der Waals surface area contributed by atoms with Gasteiger partial charge in [-0.25, -0.2) is 0 Å². The van der Waals surface area contributed by atoms with Crippen LogP contribution in [-0.4, -0.2) is 33.4 Å². The summed E-state index contributed by atoms with van der Waals surface area (Å²) in [4.78, 5) is 21.1. The summed E-state index contributed by atoms with van der Waals surface area (Å²) < 4.78 is 0. The van der Waals surface area contributed by atoms with Crippen LogP contribution in [0.2, 0.25) is 0 Å². The number of carboxylic acid groups (broad SMARTS) is 2. The zero-order chi connectivity index (χ0) is 11.6. The molecule has 0 aliphatic rings. The van der Waals surface area contributed by atoms with E-state index >= 15 is 0 Å². The molecule has 2 atom stereocenters. The van der Waals surface area contributed by atoms with Gasteiger partial charge >= 0.3 is 0 Å². The largest absolute Gasteiger partial charge is 0.547 e. The molecule has 82 valence electrons. The summed E-state index contributed by atoms with van der Waals surface area (Å²) in [7, 11) is 0. The van der Waals surface area contributed by atoms with Crippen molar-refractivity contribution in [2.45, 2.75) is 37.9 Å². The monoisotopic (exact) mass is 204 g/mol. The van der Waals surface area contributed by atoms with E-state index in [2.05, 4.69) is 0 Å². The lowest BCUT2D eigenvalue weighted by Gasteiger charge is -2.43. The third-order valence-corrected chi connectivity index (χ3v) is 2.38. The molecule has 2 N–H and O–H groups in total. The van der Waals surface area contributed by atoms with Crippen LogP contribution in [0, 0.1) is 0 Å². The van der Waals surface area contributed by atoms with E-state index in [-0.39, 0.29) is 0 Å². The van der Waals surface area contributed by atoms with Gasteiger partial charge in [-0.05, 0) is 12.8 Å².